The number of halogens is 2. The summed E-state index contributed by atoms with van der Waals surface area (Å²) in [6.07, 6.45) is 4.11. The van der Waals surface area contributed by atoms with Gasteiger partial charge >= 0.3 is 0 Å². The molecule has 0 unspecified atom stereocenters. The third kappa shape index (κ3) is 4.81. The maximum Gasteiger partial charge on any atom is 0.256 e. The molecule has 1 atom stereocenters. The van der Waals surface area contributed by atoms with Gasteiger partial charge < -0.3 is 19.7 Å². The second-order valence-corrected chi connectivity index (χ2v) is 8.07. The number of carbonyl (C=O) groups is 2. The number of hydrogen-bond donors (Lipinski definition) is 1. The van der Waals surface area contributed by atoms with Crippen LogP contribution in [-0.4, -0.2) is 49.2 Å². The van der Waals surface area contributed by atoms with Crippen LogP contribution in [0.3, 0.4) is 0 Å². The van der Waals surface area contributed by atoms with Crippen LogP contribution in [-0.2, 0) is 4.79 Å². The van der Waals surface area contributed by atoms with Crippen LogP contribution in [0.1, 0.15) is 41.6 Å². The fourth-order valence-corrected chi connectivity index (χ4v) is 3.98. The van der Waals surface area contributed by atoms with Gasteiger partial charge in [0.25, 0.3) is 5.91 Å². The van der Waals surface area contributed by atoms with Gasteiger partial charge in [-0.05, 0) is 44.4 Å². The number of nitrogens with one attached hydrogen (secondary N) is 1. The molecule has 2 aliphatic heterocycles. The highest BCUT2D eigenvalue weighted by molar-refractivity contribution is 6.03. The van der Waals surface area contributed by atoms with Gasteiger partial charge in [-0.15, -0.1) is 0 Å². The number of hydrogen-bond acceptors (Lipinski definition) is 5. The zero-order valence-electron chi connectivity index (χ0n) is 18.5. The fraction of sp³-hybridized carbons (Fsp3) is 0.375. The van der Waals surface area contributed by atoms with E-state index in [2.05, 4.69) is 10.3 Å². The van der Waals surface area contributed by atoms with Crippen molar-refractivity contribution in [2.75, 3.05) is 25.6 Å². The van der Waals surface area contributed by atoms with Crippen molar-refractivity contribution in [1.82, 2.24) is 4.90 Å². The van der Waals surface area contributed by atoms with Gasteiger partial charge in [-0.3, -0.25) is 14.6 Å². The average molecular weight is 457 g/mol. The smallest absolute Gasteiger partial charge is 0.256 e. The number of ether oxygens (including phenoxy) is 2. The van der Waals surface area contributed by atoms with E-state index in [1.807, 2.05) is 4.90 Å². The van der Waals surface area contributed by atoms with Gasteiger partial charge in [0, 0.05) is 36.5 Å². The van der Waals surface area contributed by atoms with Gasteiger partial charge in [-0.25, -0.2) is 8.78 Å². The lowest BCUT2D eigenvalue weighted by atomic mass is 10.1. The lowest BCUT2D eigenvalue weighted by molar-refractivity contribution is -0.116. The van der Waals surface area contributed by atoms with E-state index in [1.54, 1.807) is 18.3 Å². The van der Waals surface area contributed by atoms with E-state index in [9.17, 15) is 18.4 Å². The highest BCUT2D eigenvalue weighted by atomic mass is 19.1. The second kappa shape index (κ2) is 9.56. The van der Waals surface area contributed by atoms with E-state index in [0.717, 1.165) is 25.0 Å². The molecule has 0 bridgehead atoms. The molecule has 4 rings (SSSR count). The van der Waals surface area contributed by atoms with Crippen molar-refractivity contribution >= 4 is 29.4 Å². The molecule has 9 heteroatoms. The molecule has 2 aromatic carbocycles. The molecule has 174 valence electrons. The van der Waals surface area contributed by atoms with Crippen LogP contribution >= 0.6 is 0 Å². The standard InChI is InChI=1S/C24H25F2N3O4/c1-14-18(25)9-15(10-19(14)26)28-23(30)6-4-8-33-22-12-20-17(11-21(22)32-2)24(31)29-7-3-5-16(29)13-27-20/h9-13,16H,3-8H2,1-2H3,(H,28,30)/t16-/m0/s1. The molecule has 1 saturated heterocycles. The molecule has 0 spiro atoms. The molecule has 0 aromatic heterocycles. The summed E-state index contributed by atoms with van der Waals surface area (Å²) in [6, 6.07) is 5.48. The lowest BCUT2D eigenvalue weighted by Gasteiger charge is -2.20. The monoisotopic (exact) mass is 457 g/mol. The van der Waals surface area contributed by atoms with Crippen LogP contribution in [0, 0.1) is 18.6 Å². The average Bonchev–Trinajstić information content (AvgIpc) is 3.22. The molecular formula is C24H25F2N3O4. The number of amides is 2. The van der Waals surface area contributed by atoms with Gasteiger partial charge in [-0.2, -0.15) is 0 Å². The normalized spacial score (nSPS) is 16.8. The number of methoxy groups -OCH3 is 1. The molecule has 1 N–H and O–H groups in total. The van der Waals surface area contributed by atoms with E-state index in [4.69, 9.17) is 9.47 Å². The largest absolute Gasteiger partial charge is 0.493 e. The van der Waals surface area contributed by atoms with Gasteiger partial charge in [-0.1, -0.05) is 0 Å². The first kappa shape index (κ1) is 22.7. The predicted octanol–water partition coefficient (Wildman–Crippen LogP) is 4.40. The number of fused-ring (bicyclic) bond motifs is 2. The van der Waals surface area contributed by atoms with Crippen LogP contribution in [0.2, 0.25) is 0 Å². The lowest BCUT2D eigenvalue weighted by Crippen LogP contribution is -2.35. The summed E-state index contributed by atoms with van der Waals surface area (Å²) < 4.78 is 38.5. The van der Waals surface area contributed by atoms with E-state index in [1.165, 1.54) is 14.0 Å². The van der Waals surface area contributed by atoms with E-state index in [0.29, 0.717) is 35.7 Å². The Labute approximate surface area is 190 Å². The summed E-state index contributed by atoms with van der Waals surface area (Å²) in [5.41, 5.74) is 0.961. The minimum absolute atomic E-state index is 0.00857. The van der Waals surface area contributed by atoms with Crippen molar-refractivity contribution in [1.29, 1.82) is 0 Å². The van der Waals surface area contributed by atoms with Crippen LogP contribution in [0.25, 0.3) is 0 Å². The molecule has 0 aliphatic carbocycles. The topological polar surface area (TPSA) is 80.2 Å². The highest BCUT2D eigenvalue weighted by Crippen LogP contribution is 2.38. The van der Waals surface area contributed by atoms with Crippen molar-refractivity contribution in [3.05, 3.63) is 47.0 Å². The Balaban J connectivity index is 1.36. The predicted molar refractivity (Wildman–Crippen MR) is 120 cm³/mol. The minimum atomic E-state index is -0.717. The van der Waals surface area contributed by atoms with Gasteiger partial charge in [0.2, 0.25) is 5.91 Å². The summed E-state index contributed by atoms with van der Waals surface area (Å²) in [4.78, 5) is 31.3. The molecule has 2 aliphatic rings. The number of aliphatic imine (C=N–C) groups is 1. The summed E-state index contributed by atoms with van der Waals surface area (Å²) in [5.74, 6) is -1.06. The molecule has 0 saturated carbocycles. The quantitative estimate of drug-likeness (QED) is 0.625. The van der Waals surface area contributed by atoms with Crippen LogP contribution in [0.4, 0.5) is 20.2 Å². The summed E-state index contributed by atoms with van der Waals surface area (Å²) in [5, 5.41) is 2.48. The van der Waals surface area contributed by atoms with Crippen molar-refractivity contribution in [3.8, 4) is 11.5 Å². The van der Waals surface area contributed by atoms with Gasteiger partial charge in [0.1, 0.15) is 11.6 Å². The minimum Gasteiger partial charge on any atom is -0.493 e. The third-order valence-corrected chi connectivity index (χ3v) is 5.83. The van der Waals surface area contributed by atoms with Crippen molar-refractivity contribution in [2.24, 2.45) is 4.99 Å². The number of benzene rings is 2. The first-order valence-corrected chi connectivity index (χ1v) is 10.8. The van der Waals surface area contributed by atoms with E-state index < -0.39 is 11.6 Å². The molecule has 2 heterocycles. The summed E-state index contributed by atoms with van der Waals surface area (Å²) in [7, 11) is 1.49. The van der Waals surface area contributed by atoms with Gasteiger partial charge in [0.15, 0.2) is 11.5 Å². The van der Waals surface area contributed by atoms with Crippen LogP contribution < -0.4 is 14.8 Å². The third-order valence-electron chi connectivity index (χ3n) is 5.83. The van der Waals surface area contributed by atoms with E-state index in [-0.39, 0.29) is 42.1 Å². The van der Waals surface area contributed by atoms with Gasteiger partial charge in [0.05, 0.1) is 31.0 Å². The zero-order valence-corrected chi connectivity index (χ0v) is 18.5. The zero-order chi connectivity index (χ0) is 23.5. The molecule has 33 heavy (non-hydrogen) atoms. The van der Waals surface area contributed by atoms with Crippen molar-refractivity contribution in [3.63, 3.8) is 0 Å². The Morgan fingerprint density at radius 2 is 1.97 bits per heavy atom. The second-order valence-electron chi connectivity index (χ2n) is 8.07. The Kier molecular flexibility index (Phi) is 6.57. The maximum atomic E-state index is 13.6. The number of nitrogens with zero attached hydrogens (tertiary/aromatic N) is 2. The number of carbonyl (C=O) groups excluding carboxylic acids is 2. The Bertz CT molecular complexity index is 1100. The first-order valence-electron chi connectivity index (χ1n) is 10.8. The molecule has 2 amide bonds. The molecular weight excluding hydrogens is 432 g/mol. The van der Waals surface area contributed by atoms with Crippen LogP contribution in [0.5, 0.6) is 11.5 Å². The van der Waals surface area contributed by atoms with Crippen molar-refractivity contribution < 1.29 is 27.8 Å². The summed E-state index contributed by atoms with van der Waals surface area (Å²) in [6.45, 7) is 2.24. The molecule has 1 fully saturated rings. The molecule has 0 radical (unpaired) electrons. The number of anilines is 1. The Hall–Kier alpha value is -3.49. The first-order chi connectivity index (χ1) is 15.9. The van der Waals surface area contributed by atoms with Crippen LogP contribution in [0.15, 0.2) is 29.3 Å². The Morgan fingerprint density at radius 1 is 1.21 bits per heavy atom. The van der Waals surface area contributed by atoms with Crippen molar-refractivity contribution in [2.45, 2.75) is 38.6 Å². The highest BCUT2D eigenvalue weighted by Gasteiger charge is 2.32. The SMILES string of the molecule is COc1cc2c(cc1OCCCC(=O)Nc1cc(F)c(C)c(F)c1)N=C[C@@H]1CCCN1C2=O. The summed E-state index contributed by atoms with van der Waals surface area (Å²) >= 11 is 0. The number of rotatable bonds is 7. The maximum absolute atomic E-state index is 13.6. The Morgan fingerprint density at radius 3 is 2.70 bits per heavy atom. The van der Waals surface area contributed by atoms with E-state index >= 15 is 0 Å². The fourth-order valence-electron chi connectivity index (χ4n) is 3.98. The molecule has 7 nitrogen and oxygen atoms in total. The molecule has 2 aromatic rings.